The van der Waals surface area contributed by atoms with Crippen molar-refractivity contribution >= 4 is 17.4 Å². The number of esters is 1. The zero-order chi connectivity index (χ0) is 16.4. The van der Waals surface area contributed by atoms with Gasteiger partial charge in [-0.05, 0) is 25.3 Å². The van der Waals surface area contributed by atoms with E-state index in [9.17, 15) is 14.9 Å². The molecule has 1 aliphatic heterocycles. The summed E-state index contributed by atoms with van der Waals surface area (Å²) in [4.78, 5) is 26.9. The van der Waals surface area contributed by atoms with Gasteiger partial charge in [-0.3, -0.25) is 4.79 Å². The first-order valence-corrected chi connectivity index (χ1v) is 7.85. The van der Waals surface area contributed by atoms with Crippen LogP contribution in [0.4, 0.5) is 0 Å². The Morgan fingerprint density at radius 2 is 1.91 bits per heavy atom. The van der Waals surface area contributed by atoms with Crippen molar-refractivity contribution in [1.29, 1.82) is 5.26 Å². The third-order valence-electron chi connectivity index (χ3n) is 4.36. The fraction of sp³-hybridized carbons (Fsp3) is 0.389. The Morgan fingerprint density at radius 1 is 1.26 bits per heavy atom. The summed E-state index contributed by atoms with van der Waals surface area (Å²) in [5.41, 5.74) is -0.0525. The molecule has 3 rings (SSSR count). The minimum absolute atomic E-state index is 0.199. The van der Waals surface area contributed by atoms with Gasteiger partial charge in [0.15, 0.2) is 5.41 Å². The SMILES string of the molecule is CCOC(=O)C1=C(c2ccccc2)C1(C#N)C(=O)N1CCCC1. The van der Waals surface area contributed by atoms with Crippen molar-refractivity contribution in [2.75, 3.05) is 19.7 Å². The number of hydrogen-bond donors (Lipinski definition) is 0. The van der Waals surface area contributed by atoms with E-state index < -0.39 is 11.4 Å². The molecular weight excluding hydrogens is 292 g/mol. The van der Waals surface area contributed by atoms with Gasteiger partial charge < -0.3 is 9.64 Å². The van der Waals surface area contributed by atoms with E-state index in [0.717, 1.165) is 18.4 Å². The van der Waals surface area contributed by atoms with Crippen LogP contribution in [0.2, 0.25) is 0 Å². The Bertz CT molecular complexity index is 712. The van der Waals surface area contributed by atoms with E-state index in [4.69, 9.17) is 4.74 Å². The van der Waals surface area contributed by atoms with E-state index >= 15 is 0 Å². The summed E-state index contributed by atoms with van der Waals surface area (Å²) in [6.07, 6.45) is 1.87. The molecule has 0 saturated carbocycles. The highest BCUT2D eigenvalue weighted by atomic mass is 16.5. The van der Waals surface area contributed by atoms with Crippen LogP contribution in [0.15, 0.2) is 35.9 Å². The molecule has 1 aromatic rings. The molecule has 1 aromatic carbocycles. The van der Waals surface area contributed by atoms with Gasteiger partial charge in [0.1, 0.15) is 0 Å². The number of benzene rings is 1. The highest BCUT2D eigenvalue weighted by Gasteiger charge is 2.65. The molecule has 1 saturated heterocycles. The van der Waals surface area contributed by atoms with Crippen LogP contribution in [0.1, 0.15) is 25.3 Å². The lowest BCUT2D eigenvalue weighted by Gasteiger charge is -2.20. The molecule has 1 fully saturated rings. The Labute approximate surface area is 135 Å². The van der Waals surface area contributed by atoms with Gasteiger partial charge in [-0.25, -0.2) is 4.79 Å². The highest BCUT2D eigenvalue weighted by molar-refractivity contribution is 6.26. The van der Waals surface area contributed by atoms with E-state index in [-0.39, 0.29) is 18.1 Å². The molecule has 118 valence electrons. The molecular formula is C18H18N2O3. The minimum atomic E-state index is -1.47. The molecule has 2 aliphatic rings. The van der Waals surface area contributed by atoms with Crippen molar-refractivity contribution in [2.24, 2.45) is 5.41 Å². The fourth-order valence-electron chi connectivity index (χ4n) is 3.24. The van der Waals surface area contributed by atoms with Gasteiger partial charge in [0.25, 0.3) is 5.91 Å². The highest BCUT2D eigenvalue weighted by Crippen LogP contribution is 2.59. The average molecular weight is 310 g/mol. The first-order valence-electron chi connectivity index (χ1n) is 7.85. The quantitative estimate of drug-likeness (QED) is 0.799. The Kier molecular flexibility index (Phi) is 3.91. The van der Waals surface area contributed by atoms with Crippen molar-refractivity contribution in [1.82, 2.24) is 4.90 Å². The second-order valence-electron chi connectivity index (χ2n) is 5.70. The minimum Gasteiger partial charge on any atom is -0.463 e. The van der Waals surface area contributed by atoms with Gasteiger partial charge in [0.2, 0.25) is 0 Å². The number of amides is 1. The summed E-state index contributed by atoms with van der Waals surface area (Å²) < 4.78 is 5.07. The number of hydrogen-bond acceptors (Lipinski definition) is 4. The van der Waals surface area contributed by atoms with Gasteiger partial charge in [-0.2, -0.15) is 5.26 Å². The van der Waals surface area contributed by atoms with Crippen LogP contribution in [0.5, 0.6) is 0 Å². The molecule has 0 bridgehead atoms. The summed E-state index contributed by atoms with van der Waals surface area (Å²) in [5, 5.41) is 9.76. The van der Waals surface area contributed by atoms with Crippen LogP contribution < -0.4 is 0 Å². The van der Waals surface area contributed by atoms with Gasteiger partial charge in [-0.15, -0.1) is 0 Å². The molecule has 5 heteroatoms. The van der Waals surface area contributed by atoms with Gasteiger partial charge in [0.05, 0.1) is 18.2 Å². The summed E-state index contributed by atoms with van der Waals surface area (Å²) in [6.45, 7) is 3.20. The van der Waals surface area contributed by atoms with Crippen molar-refractivity contribution in [2.45, 2.75) is 19.8 Å². The van der Waals surface area contributed by atoms with Crippen LogP contribution in [0.3, 0.4) is 0 Å². The van der Waals surface area contributed by atoms with Crippen LogP contribution in [-0.4, -0.2) is 36.5 Å². The zero-order valence-electron chi connectivity index (χ0n) is 13.0. The number of nitriles is 1. The van der Waals surface area contributed by atoms with Crippen molar-refractivity contribution in [3.05, 3.63) is 41.5 Å². The normalized spacial score (nSPS) is 22.7. The average Bonchev–Trinajstić information content (AvgIpc) is 2.96. The molecule has 1 atom stereocenters. The number of carbonyl (C=O) groups excluding carboxylic acids is 2. The van der Waals surface area contributed by atoms with Crippen LogP contribution in [0.25, 0.3) is 5.57 Å². The second kappa shape index (κ2) is 5.88. The third-order valence-corrected chi connectivity index (χ3v) is 4.36. The van der Waals surface area contributed by atoms with Crippen molar-refractivity contribution in [3.8, 4) is 6.07 Å². The molecule has 1 unspecified atom stereocenters. The number of rotatable bonds is 4. The number of ether oxygens (including phenoxy) is 1. The topological polar surface area (TPSA) is 70.4 Å². The van der Waals surface area contributed by atoms with Crippen molar-refractivity contribution < 1.29 is 14.3 Å². The lowest BCUT2D eigenvalue weighted by molar-refractivity contribution is -0.141. The lowest BCUT2D eigenvalue weighted by Crippen LogP contribution is -2.37. The summed E-state index contributed by atoms with van der Waals surface area (Å²) >= 11 is 0. The van der Waals surface area contributed by atoms with Gasteiger partial charge >= 0.3 is 5.97 Å². The number of likely N-dealkylation sites (tertiary alicyclic amines) is 1. The molecule has 23 heavy (non-hydrogen) atoms. The maximum Gasteiger partial charge on any atom is 0.336 e. The van der Waals surface area contributed by atoms with E-state index in [0.29, 0.717) is 18.7 Å². The molecule has 0 radical (unpaired) electrons. The maximum atomic E-state index is 12.9. The standard InChI is InChI=1S/C18H18N2O3/c1-2-23-16(21)15-14(13-8-4-3-5-9-13)18(15,12-19)17(22)20-10-6-7-11-20/h3-5,8-9H,2,6-7,10-11H2,1H3. The molecule has 0 aromatic heterocycles. The fourth-order valence-corrected chi connectivity index (χ4v) is 3.24. The molecule has 5 nitrogen and oxygen atoms in total. The van der Waals surface area contributed by atoms with Crippen molar-refractivity contribution in [3.63, 3.8) is 0 Å². The van der Waals surface area contributed by atoms with E-state index in [2.05, 4.69) is 6.07 Å². The Balaban J connectivity index is 2.01. The van der Waals surface area contributed by atoms with E-state index in [1.165, 1.54) is 0 Å². The largest absolute Gasteiger partial charge is 0.463 e. The predicted octanol–water partition coefficient (Wildman–Crippen LogP) is 2.15. The zero-order valence-corrected chi connectivity index (χ0v) is 13.0. The number of nitrogens with zero attached hydrogens (tertiary/aromatic N) is 2. The summed E-state index contributed by atoms with van der Waals surface area (Å²) in [5.74, 6) is -0.861. The molecule has 1 amide bonds. The molecule has 1 aliphatic carbocycles. The van der Waals surface area contributed by atoms with Gasteiger partial charge in [-0.1, -0.05) is 30.3 Å². The summed E-state index contributed by atoms with van der Waals surface area (Å²) in [6, 6.07) is 11.2. The van der Waals surface area contributed by atoms with E-state index in [1.807, 2.05) is 30.3 Å². The van der Waals surface area contributed by atoms with E-state index in [1.54, 1.807) is 11.8 Å². The molecule has 0 spiro atoms. The Morgan fingerprint density at radius 3 is 2.48 bits per heavy atom. The predicted molar refractivity (Wildman–Crippen MR) is 83.9 cm³/mol. The second-order valence-corrected chi connectivity index (χ2v) is 5.70. The number of carbonyl (C=O) groups is 2. The molecule has 1 heterocycles. The first kappa shape index (κ1) is 15.3. The summed E-state index contributed by atoms with van der Waals surface area (Å²) in [7, 11) is 0. The van der Waals surface area contributed by atoms with Gasteiger partial charge in [0, 0.05) is 18.7 Å². The third kappa shape index (κ3) is 2.31. The van der Waals surface area contributed by atoms with Crippen LogP contribution in [-0.2, 0) is 14.3 Å². The monoisotopic (exact) mass is 310 g/mol. The Hall–Kier alpha value is -2.61. The first-order chi connectivity index (χ1) is 11.2. The smallest absolute Gasteiger partial charge is 0.336 e. The van der Waals surface area contributed by atoms with Crippen LogP contribution >= 0.6 is 0 Å². The van der Waals surface area contributed by atoms with Crippen LogP contribution in [0, 0.1) is 16.7 Å². The maximum absolute atomic E-state index is 12.9. The molecule has 0 N–H and O–H groups in total. The lowest BCUT2D eigenvalue weighted by atomic mass is 9.94.